The fourth-order valence-electron chi connectivity index (χ4n) is 4.02. The highest BCUT2D eigenvalue weighted by Crippen LogP contribution is 2.30. The summed E-state index contributed by atoms with van der Waals surface area (Å²) in [5, 5.41) is 12.3. The van der Waals surface area contributed by atoms with E-state index in [4.69, 9.17) is 10.5 Å². The van der Waals surface area contributed by atoms with Gasteiger partial charge in [-0.15, -0.1) is 0 Å². The largest absolute Gasteiger partial charge is 0.394 e. The number of aliphatic hydroxyl groups excluding tert-OH is 1. The highest BCUT2D eigenvalue weighted by atomic mass is 19.1. The molecule has 1 aromatic heterocycles. The quantitative estimate of drug-likeness (QED) is 0.488. The highest BCUT2D eigenvalue weighted by Gasteiger charge is 2.22. The molecule has 1 atom stereocenters. The topological polar surface area (TPSA) is 110 Å². The molecule has 1 unspecified atom stereocenters. The summed E-state index contributed by atoms with van der Waals surface area (Å²) in [5.41, 5.74) is 8.29. The summed E-state index contributed by atoms with van der Waals surface area (Å²) in [5.74, 6) is -1.10. The molecule has 1 fully saturated rings. The van der Waals surface area contributed by atoms with Gasteiger partial charge < -0.3 is 20.9 Å². The second-order valence-electron chi connectivity index (χ2n) is 8.20. The Labute approximate surface area is 196 Å². The van der Waals surface area contributed by atoms with Crippen LogP contribution in [-0.4, -0.2) is 40.8 Å². The van der Waals surface area contributed by atoms with Gasteiger partial charge in [-0.05, 0) is 36.1 Å². The number of carbonyl (C=O) groups excluding carboxylic acids is 1. The molecule has 0 saturated carbocycles. The molecular weight excluding hydrogens is 442 g/mol. The number of nitrogen functional groups attached to an aromatic ring is 1. The van der Waals surface area contributed by atoms with Crippen LogP contribution in [0.5, 0.6) is 0 Å². The van der Waals surface area contributed by atoms with E-state index in [1.54, 1.807) is 36.5 Å². The van der Waals surface area contributed by atoms with Crippen LogP contribution in [0, 0.1) is 5.82 Å². The van der Waals surface area contributed by atoms with Crippen LogP contribution in [0.25, 0.3) is 11.3 Å². The van der Waals surface area contributed by atoms with Crippen molar-refractivity contribution in [2.24, 2.45) is 0 Å². The molecule has 1 aliphatic heterocycles. The Kier molecular flexibility index (Phi) is 7.44. The summed E-state index contributed by atoms with van der Waals surface area (Å²) in [6, 6.07) is 9.73. The van der Waals surface area contributed by atoms with E-state index in [1.165, 1.54) is 12.1 Å². The van der Waals surface area contributed by atoms with Crippen LogP contribution in [0.3, 0.4) is 0 Å². The van der Waals surface area contributed by atoms with Gasteiger partial charge in [-0.2, -0.15) is 0 Å². The number of amides is 1. The molecule has 9 heteroatoms. The van der Waals surface area contributed by atoms with E-state index >= 15 is 0 Å². The smallest absolute Gasteiger partial charge is 0.254 e. The van der Waals surface area contributed by atoms with Gasteiger partial charge in [-0.3, -0.25) is 4.79 Å². The SMILES string of the molecule is Nc1ncc(C2CCOCC2)nc1-c1ccc(C(=O)NC(CO)c2cccc(CF)c2)c(F)c1. The molecule has 0 spiro atoms. The number of hydrogen-bond acceptors (Lipinski definition) is 6. The standard InChI is InChI=1S/C25H26F2N4O3/c26-12-15-2-1-3-17(10-15)22(14-32)31-25(33)19-5-4-18(11-20(19)27)23-24(28)29-13-21(30-23)16-6-8-34-9-7-16/h1-5,10-11,13,16,22,32H,6-9,12,14H2,(H2,28,29)(H,31,33). The van der Waals surface area contributed by atoms with Crippen molar-refractivity contribution < 1.29 is 23.4 Å². The summed E-state index contributed by atoms with van der Waals surface area (Å²) < 4.78 is 33.3. The second-order valence-corrected chi connectivity index (χ2v) is 8.20. The average molecular weight is 469 g/mol. The van der Waals surface area contributed by atoms with Crippen molar-refractivity contribution in [3.05, 3.63) is 76.9 Å². The first-order valence-corrected chi connectivity index (χ1v) is 11.1. The maximum absolute atomic E-state index is 15.0. The minimum absolute atomic E-state index is 0.167. The molecule has 34 heavy (non-hydrogen) atoms. The van der Waals surface area contributed by atoms with Gasteiger partial charge in [0.1, 0.15) is 24.0 Å². The lowest BCUT2D eigenvalue weighted by molar-refractivity contribution is 0.0844. The minimum atomic E-state index is -0.809. The molecule has 0 aliphatic carbocycles. The van der Waals surface area contributed by atoms with Gasteiger partial charge in [0.15, 0.2) is 0 Å². The number of alkyl halides is 1. The lowest BCUT2D eigenvalue weighted by atomic mass is 9.96. The summed E-state index contributed by atoms with van der Waals surface area (Å²) in [4.78, 5) is 21.6. The van der Waals surface area contributed by atoms with Gasteiger partial charge in [0.05, 0.1) is 30.1 Å². The van der Waals surface area contributed by atoms with Gasteiger partial charge in [0.25, 0.3) is 5.91 Å². The zero-order valence-corrected chi connectivity index (χ0v) is 18.5. The van der Waals surface area contributed by atoms with E-state index in [0.29, 0.717) is 35.6 Å². The number of rotatable bonds is 7. The Bertz CT molecular complexity index is 1170. The third-order valence-electron chi connectivity index (χ3n) is 5.94. The number of anilines is 1. The fraction of sp³-hybridized carbons (Fsp3) is 0.320. The third-order valence-corrected chi connectivity index (χ3v) is 5.94. The maximum atomic E-state index is 15.0. The predicted octanol–water partition coefficient (Wildman–Crippen LogP) is 3.69. The number of hydrogen-bond donors (Lipinski definition) is 3. The number of aromatic nitrogens is 2. The normalized spacial score (nSPS) is 15.1. The number of nitrogens with two attached hydrogens (primary N) is 1. The van der Waals surface area contributed by atoms with E-state index in [0.717, 1.165) is 18.5 Å². The highest BCUT2D eigenvalue weighted by molar-refractivity contribution is 5.95. The lowest BCUT2D eigenvalue weighted by Crippen LogP contribution is -2.31. The van der Waals surface area contributed by atoms with Crippen LogP contribution in [0.2, 0.25) is 0 Å². The van der Waals surface area contributed by atoms with E-state index in [9.17, 15) is 18.7 Å². The van der Waals surface area contributed by atoms with Crippen LogP contribution < -0.4 is 11.1 Å². The summed E-state index contributed by atoms with van der Waals surface area (Å²) >= 11 is 0. The fourth-order valence-corrected chi connectivity index (χ4v) is 4.02. The number of halogens is 2. The molecule has 2 heterocycles. The van der Waals surface area contributed by atoms with Crippen molar-refractivity contribution in [2.75, 3.05) is 25.6 Å². The van der Waals surface area contributed by atoms with Gasteiger partial charge in [-0.25, -0.2) is 18.7 Å². The van der Waals surface area contributed by atoms with Crippen molar-refractivity contribution in [1.82, 2.24) is 15.3 Å². The molecule has 178 valence electrons. The zero-order chi connectivity index (χ0) is 24.1. The van der Waals surface area contributed by atoms with Crippen molar-refractivity contribution in [1.29, 1.82) is 0 Å². The Morgan fingerprint density at radius 1 is 1.24 bits per heavy atom. The van der Waals surface area contributed by atoms with Crippen molar-refractivity contribution in [3.8, 4) is 11.3 Å². The first-order chi connectivity index (χ1) is 16.5. The van der Waals surface area contributed by atoms with Crippen molar-refractivity contribution in [2.45, 2.75) is 31.5 Å². The molecule has 1 amide bonds. The molecule has 1 saturated heterocycles. The third kappa shape index (κ3) is 5.21. The molecule has 0 radical (unpaired) electrons. The number of nitrogens with zero attached hydrogens (tertiary/aromatic N) is 2. The molecular formula is C25H26F2N4O3. The molecule has 0 bridgehead atoms. The van der Waals surface area contributed by atoms with Crippen molar-refractivity contribution >= 4 is 11.7 Å². The maximum Gasteiger partial charge on any atom is 0.254 e. The monoisotopic (exact) mass is 468 g/mol. The Hall–Kier alpha value is -3.43. The van der Waals surface area contributed by atoms with Crippen LogP contribution in [-0.2, 0) is 11.4 Å². The lowest BCUT2D eigenvalue weighted by Gasteiger charge is -2.22. The number of benzene rings is 2. The van der Waals surface area contributed by atoms with E-state index in [2.05, 4.69) is 15.3 Å². The molecule has 2 aromatic carbocycles. The molecule has 3 aromatic rings. The first-order valence-electron chi connectivity index (χ1n) is 11.1. The van der Waals surface area contributed by atoms with Crippen LogP contribution in [0.1, 0.15) is 52.0 Å². The number of nitrogens with one attached hydrogen (secondary N) is 1. The molecule has 7 nitrogen and oxygen atoms in total. The summed E-state index contributed by atoms with van der Waals surface area (Å²) in [6.07, 6.45) is 3.29. The number of ether oxygens (including phenoxy) is 1. The Morgan fingerprint density at radius 3 is 2.74 bits per heavy atom. The van der Waals surface area contributed by atoms with Gasteiger partial charge >= 0.3 is 0 Å². The van der Waals surface area contributed by atoms with E-state index < -0.39 is 31.0 Å². The summed E-state index contributed by atoms with van der Waals surface area (Å²) in [7, 11) is 0. The Morgan fingerprint density at radius 2 is 2.03 bits per heavy atom. The summed E-state index contributed by atoms with van der Waals surface area (Å²) in [6.45, 7) is 0.207. The molecule has 4 N–H and O–H groups in total. The van der Waals surface area contributed by atoms with Crippen LogP contribution in [0.15, 0.2) is 48.7 Å². The van der Waals surface area contributed by atoms with Crippen molar-refractivity contribution in [3.63, 3.8) is 0 Å². The molecule has 1 aliphatic rings. The molecule has 4 rings (SSSR count). The predicted molar refractivity (Wildman–Crippen MR) is 123 cm³/mol. The van der Waals surface area contributed by atoms with Crippen LogP contribution in [0.4, 0.5) is 14.6 Å². The minimum Gasteiger partial charge on any atom is -0.394 e. The van der Waals surface area contributed by atoms with Gasteiger partial charge in [0.2, 0.25) is 0 Å². The number of aliphatic hydroxyl groups is 1. The first kappa shape index (κ1) is 23.7. The average Bonchev–Trinajstić information content (AvgIpc) is 2.88. The van der Waals surface area contributed by atoms with Gasteiger partial charge in [-0.1, -0.05) is 30.3 Å². The van der Waals surface area contributed by atoms with Gasteiger partial charge in [0, 0.05) is 24.7 Å². The van der Waals surface area contributed by atoms with E-state index in [-0.39, 0.29) is 17.3 Å². The Balaban J connectivity index is 1.55. The zero-order valence-electron chi connectivity index (χ0n) is 18.5. The number of carbonyl (C=O) groups is 1. The second kappa shape index (κ2) is 10.7. The van der Waals surface area contributed by atoms with E-state index in [1.807, 2.05) is 0 Å². The van der Waals surface area contributed by atoms with Crippen LogP contribution >= 0.6 is 0 Å².